The number of fused-ring (bicyclic) bond motifs is 1. The molecule has 0 unspecified atom stereocenters. The number of amides is 1. The lowest BCUT2D eigenvalue weighted by Crippen LogP contribution is -2.27. The van der Waals surface area contributed by atoms with Crippen LogP contribution in [0.2, 0.25) is 0 Å². The van der Waals surface area contributed by atoms with E-state index in [0.717, 1.165) is 17.6 Å². The molecule has 0 bridgehead atoms. The zero-order chi connectivity index (χ0) is 21.3. The largest absolute Gasteiger partial charge is 0.444 e. The number of hydrogen-bond donors (Lipinski definition) is 1. The molecule has 0 fully saturated rings. The number of ether oxygens (including phenoxy) is 2. The fourth-order valence-corrected chi connectivity index (χ4v) is 3.05. The summed E-state index contributed by atoms with van der Waals surface area (Å²) in [5.74, 6) is 0.0188. The first-order valence-corrected chi connectivity index (χ1v) is 9.58. The highest BCUT2D eigenvalue weighted by Gasteiger charge is 2.18. The average molecular weight is 411 g/mol. The fraction of sp³-hybridized carbons (Fsp3) is 0.333. The summed E-state index contributed by atoms with van der Waals surface area (Å²) in [7, 11) is 0. The van der Waals surface area contributed by atoms with Crippen LogP contribution in [0.5, 0.6) is 0 Å². The summed E-state index contributed by atoms with van der Waals surface area (Å²) in [4.78, 5) is 20.7. The van der Waals surface area contributed by atoms with Gasteiger partial charge in [-0.05, 0) is 51.0 Å². The van der Waals surface area contributed by atoms with Crippen molar-refractivity contribution in [1.29, 1.82) is 0 Å². The molecule has 1 amide bonds. The number of nitrogens with zero attached hydrogens (tertiary/aromatic N) is 4. The Morgan fingerprint density at radius 2 is 2.17 bits per heavy atom. The van der Waals surface area contributed by atoms with Crippen molar-refractivity contribution in [2.75, 3.05) is 18.5 Å². The maximum atomic E-state index is 14.5. The highest BCUT2D eigenvalue weighted by atomic mass is 19.1. The first-order valence-electron chi connectivity index (χ1n) is 9.58. The van der Waals surface area contributed by atoms with Gasteiger partial charge in [-0.1, -0.05) is 6.08 Å². The van der Waals surface area contributed by atoms with Gasteiger partial charge in [-0.25, -0.2) is 18.7 Å². The second kappa shape index (κ2) is 7.83. The molecule has 0 saturated carbocycles. The molecule has 4 rings (SSSR count). The van der Waals surface area contributed by atoms with Crippen LogP contribution in [0.4, 0.5) is 14.9 Å². The normalized spacial score (nSPS) is 14.5. The van der Waals surface area contributed by atoms with Crippen molar-refractivity contribution in [1.82, 2.24) is 19.6 Å². The van der Waals surface area contributed by atoms with Gasteiger partial charge in [0.25, 0.3) is 5.78 Å². The van der Waals surface area contributed by atoms with E-state index in [1.54, 1.807) is 27.0 Å². The molecule has 2 aromatic heterocycles. The standard InChI is InChI=1S/C21H22FN5O3/c1-21(2,3)30-20(28)24-15-4-5-17(22)16(10-15)18-25-19-23-11-14(12-27(19)26-18)13-6-8-29-9-7-13/h4-6,10-12H,7-9H2,1-3H3,(H,24,28). The van der Waals surface area contributed by atoms with Crippen LogP contribution in [0.25, 0.3) is 22.7 Å². The third kappa shape index (κ3) is 4.46. The molecule has 0 atom stereocenters. The van der Waals surface area contributed by atoms with E-state index in [2.05, 4.69) is 20.4 Å². The van der Waals surface area contributed by atoms with Crippen LogP contribution >= 0.6 is 0 Å². The molecule has 0 saturated heterocycles. The summed E-state index contributed by atoms with van der Waals surface area (Å²) < 4.78 is 26.6. The van der Waals surface area contributed by atoms with Gasteiger partial charge in [-0.15, -0.1) is 5.10 Å². The zero-order valence-corrected chi connectivity index (χ0v) is 17.0. The van der Waals surface area contributed by atoms with Crippen LogP contribution in [0.1, 0.15) is 32.8 Å². The molecule has 3 aromatic rings. The minimum atomic E-state index is -0.640. The van der Waals surface area contributed by atoms with Gasteiger partial charge in [0.1, 0.15) is 11.4 Å². The molecule has 0 aliphatic carbocycles. The first-order chi connectivity index (χ1) is 14.3. The van der Waals surface area contributed by atoms with Gasteiger partial charge in [0.05, 0.1) is 18.8 Å². The quantitative estimate of drug-likeness (QED) is 0.698. The summed E-state index contributed by atoms with van der Waals surface area (Å²) in [6.07, 6.45) is 5.72. The molecule has 30 heavy (non-hydrogen) atoms. The van der Waals surface area contributed by atoms with E-state index in [1.807, 2.05) is 12.3 Å². The molecule has 3 heterocycles. The van der Waals surface area contributed by atoms with E-state index < -0.39 is 17.5 Å². The second-order valence-corrected chi connectivity index (χ2v) is 7.90. The number of rotatable bonds is 3. The third-order valence-electron chi connectivity index (χ3n) is 4.38. The molecular weight excluding hydrogens is 389 g/mol. The van der Waals surface area contributed by atoms with Crippen molar-refractivity contribution in [2.24, 2.45) is 0 Å². The van der Waals surface area contributed by atoms with Crippen molar-refractivity contribution in [3.8, 4) is 11.4 Å². The Balaban J connectivity index is 1.63. The molecule has 1 aliphatic rings. The zero-order valence-electron chi connectivity index (χ0n) is 17.0. The smallest absolute Gasteiger partial charge is 0.412 e. The molecule has 1 aliphatic heterocycles. The van der Waals surface area contributed by atoms with Crippen LogP contribution in [-0.2, 0) is 9.47 Å². The predicted molar refractivity (Wildman–Crippen MR) is 109 cm³/mol. The number of nitrogens with one attached hydrogen (secondary N) is 1. The molecule has 8 nitrogen and oxygen atoms in total. The van der Waals surface area contributed by atoms with E-state index in [0.29, 0.717) is 24.7 Å². The lowest BCUT2D eigenvalue weighted by Gasteiger charge is -2.19. The van der Waals surface area contributed by atoms with E-state index in [9.17, 15) is 9.18 Å². The van der Waals surface area contributed by atoms with Crippen LogP contribution in [-0.4, -0.2) is 44.5 Å². The minimum absolute atomic E-state index is 0.154. The van der Waals surface area contributed by atoms with Gasteiger partial charge in [0.15, 0.2) is 5.82 Å². The van der Waals surface area contributed by atoms with Gasteiger partial charge in [-0.3, -0.25) is 5.32 Å². The summed E-state index contributed by atoms with van der Waals surface area (Å²) in [5.41, 5.74) is 1.94. The fourth-order valence-electron chi connectivity index (χ4n) is 3.05. The maximum absolute atomic E-state index is 14.5. The summed E-state index contributed by atoms with van der Waals surface area (Å²) in [6, 6.07) is 4.17. The molecule has 9 heteroatoms. The van der Waals surface area contributed by atoms with Gasteiger partial charge >= 0.3 is 6.09 Å². The third-order valence-corrected chi connectivity index (χ3v) is 4.38. The highest BCUT2D eigenvalue weighted by Crippen LogP contribution is 2.25. The van der Waals surface area contributed by atoms with Crippen LogP contribution < -0.4 is 5.32 Å². The number of aromatic nitrogens is 4. The second-order valence-electron chi connectivity index (χ2n) is 7.90. The van der Waals surface area contributed by atoms with Crippen LogP contribution in [0.15, 0.2) is 36.7 Å². The van der Waals surface area contributed by atoms with Gasteiger partial charge in [0.2, 0.25) is 0 Å². The molecule has 0 radical (unpaired) electrons. The van der Waals surface area contributed by atoms with E-state index in [-0.39, 0.29) is 11.4 Å². The number of hydrogen-bond acceptors (Lipinski definition) is 6. The topological polar surface area (TPSA) is 90.6 Å². The minimum Gasteiger partial charge on any atom is -0.444 e. The van der Waals surface area contributed by atoms with Gasteiger partial charge in [-0.2, -0.15) is 4.98 Å². The van der Waals surface area contributed by atoms with Crippen molar-refractivity contribution in [2.45, 2.75) is 32.8 Å². The Labute approximate surface area is 172 Å². The molecule has 0 spiro atoms. The monoisotopic (exact) mass is 411 g/mol. The van der Waals surface area contributed by atoms with E-state index in [4.69, 9.17) is 9.47 Å². The first kappa shape index (κ1) is 20.0. The Bertz CT molecular complexity index is 1130. The van der Waals surface area contributed by atoms with Gasteiger partial charge < -0.3 is 9.47 Å². The Hall–Kier alpha value is -3.33. The number of benzene rings is 1. The van der Waals surface area contributed by atoms with Crippen LogP contribution in [0.3, 0.4) is 0 Å². The summed E-state index contributed by atoms with van der Waals surface area (Å²) >= 11 is 0. The number of carbonyl (C=O) groups excluding carboxylic acids is 1. The lowest BCUT2D eigenvalue weighted by molar-refractivity contribution is 0.0636. The van der Waals surface area contributed by atoms with Gasteiger partial charge in [0, 0.05) is 23.6 Å². The predicted octanol–water partition coefficient (Wildman–Crippen LogP) is 4.08. The lowest BCUT2D eigenvalue weighted by atomic mass is 10.1. The number of halogens is 1. The van der Waals surface area contributed by atoms with Crippen molar-refractivity contribution >= 4 is 23.1 Å². The molecule has 1 N–H and O–H groups in total. The Morgan fingerprint density at radius 3 is 2.90 bits per heavy atom. The SMILES string of the molecule is CC(C)(C)OC(=O)Nc1ccc(F)c(-c2nc3ncc(C4=CCOCC4)cn3n2)c1. The van der Waals surface area contributed by atoms with Crippen molar-refractivity contribution < 1.29 is 18.7 Å². The van der Waals surface area contributed by atoms with E-state index >= 15 is 0 Å². The number of anilines is 1. The van der Waals surface area contributed by atoms with E-state index in [1.165, 1.54) is 22.7 Å². The molecular formula is C21H22FN5O3. The molecule has 156 valence electrons. The highest BCUT2D eigenvalue weighted by molar-refractivity contribution is 5.86. The van der Waals surface area contributed by atoms with Crippen molar-refractivity contribution in [3.63, 3.8) is 0 Å². The Kier molecular flexibility index (Phi) is 5.21. The Morgan fingerprint density at radius 1 is 1.33 bits per heavy atom. The van der Waals surface area contributed by atoms with Crippen molar-refractivity contribution in [3.05, 3.63) is 48.0 Å². The average Bonchev–Trinajstić information content (AvgIpc) is 3.11. The molecule has 1 aromatic carbocycles. The number of carbonyl (C=O) groups is 1. The summed E-state index contributed by atoms with van der Waals surface area (Å²) in [6.45, 7) is 6.52. The van der Waals surface area contributed by atoms with Crippen LogP contribution in [0, 0.1) is 5.82 Å². The maximum Gasteiger partial charge on any atom is 0.412 e. The summed E-state index contributed by atoms with van der Waals surface area (Å²) in [5, 5.41) is 6.98.